The Morgan fingerprint density at radius 2 is 1.66 bits per heavy atom. The number of carboxylic acids is 1. The van der Waals surface area contributed by atoms with Crippen LogP contribution in [0.3, 0.4) is 0 Å². The van der Waals surface area contributed by atoms with Crippen molar-refractivity contribution in [1.29, 1.82) is 0 Å². The van der Waals surface area contributed by atoms with Crippen LogP contribution in [-0.2, 0) is 17.8 Å². The molecule has 0 saturated carbocycles. The number of nitro groups is 1. The normalized spacial score (nSPS) is 11.4. The molecule has 1 unspecified atom stereocenters. The van der Waals surface area contributed by atoms with Gasteiger partial charge in [-0.3, -0.25) is 14.9 Å². The van der Waals surface area contributed by atoms with Crippen LogP contribution in [0.2, 0.25) is 0 Å². The molecule has 166 valence electrons. The van der Waals surface area contributed by atoms with Gasteiger partial charge < -0.3 is 19.9 Å². The smallest absolute Gasteiger partial charge is 0.311 e. The molecule has 0 aliphatic heterocycles. The van der Waals surface area contributed by atoms with E-state index in [-0.39, 0.29) is 12.1 Å². The van der Waals surface area contributed by atoms with Gasteiger partial charge in [-0.1, -0.05) is 30.3 Å². The quantitative estimate of drug-likeness (QED) is 0.352. The number of benzene rings is 3. The third kappa shape index (κ3) is 5.54. The molecule has 0 aromatic heterocycles. The van der Waals surface area contributed by atoms with Crippen molar-refractivity contribution in [3.8, 4) is 11.5 Å². The first-order valence-corrected chi connectivity index (χ1v) is 9.92. The van der Waals surface area contributed by atoms with Crippen LogP contribution >= 0.6 is 0 Å². The van der Waals surface area contributed by atoms with Gasteiger partial charge in [0.25, 0.3) is 5.69 Å². The summed E-state index contributed by atoms with van der Waals surface area (Å²) in [7, 11) is 3.16. The zero-order valence-corrected chi connectivity index (χ0v) is 17.8. The number of nitrogens with one attached hydrogen (secondary N) is 1. The molecule has 32 heavy (non-hydrogen) atoms. The fraction of sp³-hybridized carbons (Fsp3) is 0.208. The van der Waals surface area contributed by atoms with Gasteiger partial charge in [-0.05, 0) is 47.4 Å². The molecule has 0 saturated heterocycles. The second-order valence-electron chi connectivity index (χ2n) is 7.18. The Bertz CT molecular complexity index is 1080. The van der Waals surface area contributed by atoms with Crippen molar-refractivity contribution in [2.75, 3.05) is 19.5 Å². The number of hydrogen-bond acceptors (Lipinski definition) is 6. The number of hydrogen-bond donors (Lipinski definition) is 2. The molecule has 0 bridgehead atoms. The summed E-state index contributed by atoms with van der Waals surface area (Å²) < 4.78 is 10.6. The van der Waals surface area contributed by atoms with Gasteiger partial charge in [-0.15, -0.1) is 0 Å². The van der Waals surface area contributed by atoms with Crippen molar-refractivity contribution >= 4 is 17.3 Å². The third-order valence-corrected chi connectivity index (χ3v) is 5.15. The van der Waals surface area contributed by atoms with Gasteiger partial charge in [0.1, 0.15) is 11.5 Å². The van der Waals surface area contributed by atoms with Gasteiger partial charge in [0.05, 0.1) is 30.7 Å². The Labute approximate surface area is 185 Å². The molecule has 0 aliphatic carbocycles. The molecular formula is C24H24N2O6. The minimum Gasteiger partial charge on any atom is -0.497 e. The summed E-state index contributed by atoms with van der Waals surface area (Å²) >= 11 is 0. The van der Waals surface area contributed by atoms with Crippen LogP contribution in [-0.4, -0.2) is 30.2 Å². The number of carbonyl (C=O) groups is 1. The highest BCUT2D eigenvalue weighted by atomic mass is 16.6. The highest BCUT2D eigenvalue weighted by molar-refractivity contribution is 5.77. The predicted octanol–water partition coefficient (Wildman–Crippen LogP) is 4.64. The van der Waals surface area contributed by atoms with Crippen LogP contribution in [0.25, 0.3) is 0 Å². The number of carboxylic acid groups (broad SMARTS) is 1. The molecule has 3 rings (SSSR count). The molecule has 1 atom stereocenters. The Kier molecular flexibility index (Phi) is 7.28. The summed E-state index contributed by atoms with van der Waals surface area (Å²) in [5.74, 6) is -0.427. The number of methoxy groups -OCH3 is 2. The number of nitrogens with zero attached hydrogens (tertiary/aromatic N) is 1. The van der Waals surface area contributed by atoms with E-state index in [9.17, 15) is 20.0 Å². The Hall–Kier alpha value is -4.07. The predicted molar refractivity (Wildman–Crippen MR) is 120 cm³/mol. The maximum Gasteiger partial charge on any atom is 0.311 e. The molecule has 0 spiro atoms. The lowest BCUT2D eigenvalue weighted by molar-refractivity contribution is -0.384. The number of nitro benzene ring substituents is 1. The largest absolute Gasteiger partial charge is 0.497 e. The van der Waals surface area contributed by atoms with Gasteiger partial charge in [0.15, 0.2) is 0 Å². The van der Waals surface area contributed by atoms with Crippen LogP contribution < -0.4 is 14.8 Å². The summed E-state index contributed by atoms with van der Waals surface area (Å²) in [6, 6.07) is 18.8. The van der Waals surface area contributed by atoms with E-state index in [0.717, 1.165) is 11.3 Å². The van der Waals surface area contributed by atoms with Gasteiger partial charge >= 0.3 is 5.97 Å². The molecule has 8 heteroatoms. The first kappa shape index (κ1) is 22.6. The van der Waals surface area contributed by atoms with E-state index >= 15 is 0 Å². The van der Waals surface area contributed by atoms with E-state index in [2.05, 4.69) is 5.32 Å². The Balaban J connectivity index is 1.81. The Morgan fingerprint density at radius 3 is 2.22 bits per heavy atom. The maximum absolute atomic E-state index is 12.0. The third-order valence-electron chi connectivity index (χ3n) is 5.15. The van der Waals surface area contributed by atoms with Crippen LogP contribution in [0.5, 0.6) is 11.5 Å². The lowest BCUT2D eigenvalue weighted by Crippen LogP contribution is -2.15. The summed E-state index contributed by atoms with van der Waals surface area (Å²) in [4.78, 5) is 22.4. The van der Waals surface area contributed by atoms with E-state index in [4.69, 9.17) is 9.47 Å². The van der Waals surface area contributed by atoms with E-state index < -0.39 is 16.8 Å². The van der Waals surface area contributed by atoms with Crippen molar-refractivity contribution in [3.63, 3.8) is 0 Å². The van der Waals surface area contributed by atoms with Gasteiger partial charge in [-0.2, -0.15) is 0 Å². The maximum atomic E-state index is 12.0. The van der Waals surface area contributed by atoms with Gasteiger partial charge in [-0.25, -0.2) is 0 Å². The number of non-ortho nitro benzene ring substituents is 1. The van der Waals surface area contributed by atoms with Crippen LogP contribution in [0.15, 0.2) is 66.7 Å². The van der Waals surface area contributed by atoms with E-state index in [1.807, 2.05) is 24.3 Å². The number of aliphatic carboxylic acids is 1. The van der Waals surface area contributed by atoms with Crippen molar-refractivity contribution in [2.24, 2.45) is 0 Å². The lowest BCUT2D eigenvalue weighted by atomic mass is 9.91. The molecule has 3 aromatic carbocycles. The van der Waals surface area contributed by atoms with E-state index in [1.54, 1.807) is 44.6 Å². The Morgan fingerprint density at radius 1 is 1.00 bits per heavy atom. The molecule has 3 aromatic rings. The van der Waals surface area contributed by atoms with Crippen LogP contribution in [0, 0.1) is 10.1 Å². The van der Waals surface area contributed by atoms with E-state index in [0.29, 0.717) is 29.1 Å². The average Bonchev–Trinajstić information content (AvgIpc) is 2.81. The summed E-state index contributed by atoms with van der Waals surface area (Å²) in [6.45, 7) is 0.518. The molecule has 0 amide bonds. The lowest BCUT2D eigenvalue weighted by Gasteiger charge is -2.17. The minimum atomic E-state index is -0.977. The fourth-order valence-corrected chi connectivity index (χ4v) is 3.36. The highest BCUT2D eigenvalue weighted by Crippen LogP contribution is 2.31. The van der Waals surface area contributed by atoms with Crippen molar-refractivity contribution < 1.29 is 24.3 Å². The van der Waals surface area contributed by atoms with Crippen molar-refractivity contribution in [3.05, 3.63) is 93.5 Å². The first-order chi connectivity index (χ1) is 15.4. The topological polar surface area (TPSA) is 111 Å². The number of anilines is 1. The number of rotatable bonds is 10. The molecule has 0 fully saturated rings. The zero-order chi connectivity index (χ0) is 23.1. The van der Waals surface area contributed by atoms with Crippen LogP contribution in [0.1, 0.15) is 22.6 Å². The summed E-state index contributed by atoms with van der Waals surface area (Å²) in [6.07, 6.45) is 0.206. The molecule has 0 radical (unpaired) electrons. The molecule has 0 aliphatic rings. The second-order valence-corrected chi connectivity index (χ2v) is 7.18. The van der Waals surface area contributed by atoms with Crippen molar-refractivity contribution in [2.45, 2.75) is 18.9 Å². The van der Waals surface area contributed by atoms with Crippen LogP contribution in [0.4, 0.5) is 11.4 Å². The minimum absolute atomic E-state index is 0.0323. The molecular weight excluding hydrogens is 412 g/mol. The van der Waals surface area contributed by atoms with Crippen molar-refractivity contribution in [1.82, 2.24) is 0 Å². The second kappa shape index (κ2) is 10.3. The highest BCUT2D eigenvalue weighted by Gasteiger charge is 2.22. The average molecular weight is 436 g/mol. The number of ether oxygens (including phenoxy) is 2. The molecule has 2 N–H and O–H groups in total. The van der Waals surface area contributed by atoms with Gasteiger partial charge in [0.2, 0.25) is 0 Å². The summed E-state index contributed by atoms with van der Waals surface area (Å²) in [5, 5.41) is 24.0. The molecule has 0 heterocycles. The standard InChI is InChI=1S/C24H24N2O6/c1-31-20-10-5-17(6-11-20)15-25-22-14-18(7-12-23(22)32-2)21(24(27)28)13-16-3-8-19(9-4-16)26(29)30/h3-12,14,21,25H,13,15H2,1-2H3,(H,27,28). The van der Waals surface area contributed by atoms with Gasteiger partial charge in [0, 0.05) is 18.7 Å². The zero-order valence-electron chi connectivity index (χ0n) is 17.8. The fourth-order valence-electron chi connectivity index (χ4n) is 3.36. The van der Waals surface area contributed by atoms with E-state index in [1.165, 1.54) is 12.1 Å². The molecule has 8 nitrogen and oxygen atoms in total. The summed E-state index contributed by atoms with van der Waals surface area (Å²) in [5.41, 5.74) is 2.98. The first-order valence-electron chi connectivity index (χ1n) is 9.92. The SMILES string of the molecule is COc1ccc(CNc2cc(C(Cc3ccc([N+](=O)[O-])cc3)C(=O)O)ccc2OC)cc1. The monoisotopic (exact) mass is 436 g/mol.